The Morgan fingerprint density at radius 2 is 1.51 bits per heavy atom. The maximum atomic E-state index is 14.1. The molecule has 0 aliphatic rings. The van der Waals surface area contributed by atoms with Crippen molar-refractivity contribution in [2.45, 2.75) is 45.3 Å². The third kappa shape index (κ3) is 8.97. The van der Waals surface area contributed by atoms with Crippen molar-refractivity contribution < 1.29 is 27.5 Å². The van der Waals surface area contributed by atoms with Crippen LogP contribution in [0.4, 0.5) is 5.69 Å². The van der Waals surface area contributed by atoms with Crippen molar-refractivity contribution >= 4 is 27.5 Å². The van der Waals surface area contributed by atoms with Gasteiger partial charge in [0.05, 0.1) is 26.2 Å². The highest BCUT2D eigenvalue weighted by molar-refractivity contribution is 7.92. The Morgan fingerprint density at radius 3 is 2.10 bits per heavy atom. The van der Waals surface area contributed by atoms with E-state index < -0.39 is 28.5 Å². The number of carbonyl (C=O) groups is 2. The molecule has 2 amide bonds. The first kappa shape index (κ1) is 31.5. The quantitative estimate of drug-likeness (QED) is 0.308. The minimum absolute atomic E-state index is 0.0711. The number of methoxy groups -OCH3 is 2. The average molecular weight is 582 g/mol. The van der Waals surface area contributed by atoms with Gasteiger partial charge in [-0.2, -0.15) is 0 Å². The molecule has 3 rings (SSSR count). The van der Waals surface area contributed by atoms with Crippen molar-refractivity contribution in [1.82, 2.24) is 10.2 Å². The second kappa shape index (κ2) is 14.5. The molecule has 0 fully saturated rings. The van der Waals surface area contributed by atoms with Crippen LogP contribution in [0.15, 0.2) is 78.9 Å². The summed E-state index contributed by atoms with van der Waals surface area (Å²) in [4.78, 5) is 29.3. The molecule has 10 heteroatoms. The van der Waals surface area contributed by atoms with Gasteiger partial charge in [0, 0.05) is 19.0 Å². The van der Waals surface area contributed by atoms with Gasteiger partial charge < -0.3 is 19.7 Å². The summed E-state index contributed by atoms with van der Waals surface area (Å²) in [6, 6.07) is 22.1. The fourth-order valence-electron chi connectivity index (χ4n) is 4.32. The predicted octanol–water partition coefficient (Wildman–Crippen LogP) is 4.02. The number of hydrogen-bond acceptors (Lipinski definition) is 6. The molecule has 0 bridgehead atoms. The largest absolute Gasteiger partial charge is 0.497 e. The van der Waals surface area contributed by atoms with Gasteiger partial charge in [0.1, 0.15) is 24.1 Å². The summed E-state index contributed by atoms with van der Waals surface area (Å²) in [5, 5.41) is 3.02. The molecule has 0 spiro atoms. The van der Waals surface area contributed by atoms with Crippen molar-refractivity contribution in [2.75, 3.05) is 31.3 Å². The average Bonchev–Trinajstić information content (AvgIpc) is 2.97. The fraction of sp³-hybridized carbons (Fsp3) is 0.355. The highest BCUT2D eigenvalue weighted by Gasteiger charge is 2.33. The molecule has 2 atom stereocenters. The molecule has 3 aromatic rings. The van der Waals surface area contributed by atoms with Crippen LogP contribution < -0.4 is 19.1 Å². The third-order valence-electron chi connectivity index (χ3n) is 6.80. The van der Waals surface area contributed by atoms with E-state index in [2.05, 4.69) is 5.32 Å². The number of rotatable bonds is 14. The zero-order valence-electron chi connectivity index (χ0n) is 24.2. The van der Waals surface area contributed by atoms with E-state index >= 15 is 0 Å². The smallest absolute Gasteiger partial charge is 0.244 e. The lowest BCUT2D eigenvalue weighted by molar-refractivity contribution is -0.140. The first-order chi connectivity index (χ1) is 19.5. The van der Waals surface area contributed by atoms with Crippen LogP contribution in [0.1, 0.15) is 31.4 Å². The Labute approximate surface area is 243 Å². The minimum atomic E-state index is -3.85. The van der Waals surface area contributed by atoms with Gasteiger partial charge in [-0.3, -0.25) is 13.9 Å². The van der Waals surface area contributed by atoms with Crippen LogP contribution in [-0.4, -0.2) is 64.2 Å². The molecule has 41 heavy (non-hydrogen) atoms. The Morgan fingerprint density at radius 1 is 0.878 bits per heavy atom. The molecular weight excluding hydrogens is 542 g/mol. The minimum Gasteiger partial charge on any atom is -0.497 e. The van der Waals surface area contributed by atoms with Gasteiger partial charge in [-0.15, -0.1) is 0 Å². The number of hydrogen-bond donors (Lipinski definition) is 1. The Balaban J connectivity index is 2.06. The van der Waals surface area contributed by atoms with Crippen LogP contribution in [-0.2, 0) is 32.6 Å². The van der Waals surface area contributed by atoms with Crippen LogP contribution in [0, 0.1) is 0 Å². The Bertz CT molecular complexity index is 1400. The van der Waals surface area contributed by atoms with E-state index in [0.29, 0.717) is 23.6 Å². The SMILES string of the molecule is CC[C@H](C)NC(=O)[C@@H](Cc1ccccc1)N(Cc1cccc(OC)c1)C(=O)CN(c1ccc(OC)cc1)S(C)(=O)=O. The van der Waals surface area contributed by atoms with E-state index in [9.17, 15) is 18.0 Å². The number of amides is 2. The number of nitrogens with one attached hydrogen (secondary N) is 1. The summed E-state index contributed by atoms with van der Waals surface area (Å²) in [6.45, 7) is 3.45. The molecule has 220 valence electrons. The van der Waals surface area contributed by atoms with E-state index in [1.54, 1.807) is 43.5 Å². The Kier molecular flexibility index (Phi) is 11.2. The number of nitrogens with zero attached hydrogens (tertiary/aromatic N) is 2. The highest BCUT2D eigenvalue weighted by Crippen LogP contribution is 2.23. The molecule has 0 saturated heterocycles. The maximum absolute atomic E-state index is 14.1. The molecule has 0 aliphatic carbocycles. The van der Waals surface area contributed by atoms with Crippen LogP contribution in [0.3, 0.4) is 0 Å². The standard InChI is InChI=1S/C31H39N3O6S/c1-6-23(2)32-31(36)29(20-24-11-8-7-9-12-24)33(21-25-13-10-14-28(19-25)40-4)30(35)22-34(41(5,37)38)26-15-17-27(39-3)18-16-26/h7-19,23,29H,6,20-22H2,1-5H3,(H,32,36)/t23-,29+/m0/s1. The van der Waals surface area contributed by atoms with Crippen LogP contribution in [0.25, 0.3) is 0 Å². The van der Waals surface area contributed by atoms with Crippen molar-refractivity contribution in [3.05, 3.63) is 90.0 Å². The molecule has 0 radical (unpaired) electrons. The van der Waals surface area contributed by atoms with Crippen LogP contribution >= 0.6 is 0 Å². The summed E-state index contributed by atoms with van der Waals surface area (Å²) < 4.78 is 37.4. The number of benzene rings is 3. The van der Waals surface area contributed by atoms with Crippen molar-refractivity contribution in [3.63, 3.8) is 0 Å². The fourth-order valence-corrected chi connectivity index (χ4v) is 5.17. The molecule has 0 heterocycles. The van der Waals surface area contributed by atoms with Gasteiger partial charge in [0.25, 0.3) is 0 Å². The summed E-state index contributed by atoms with van der Waals surface area (Å²) >= 11 is 0. The first-order valence-corrected chi connectivity index (χ1v) is 15.3. The van der Waals surface area contributed by atoms with Crippen molar-refractivity contribution in [1.29, 1.82) is 0 Å². The number of sulfonamides is 1. The third-order valence-corrected chi connectivity index (χ3v) is 7.94. The molecule has 9 nitrogen and oxygen atoms in total. The lowest BCUT2D eigenvalue weighted by Crippen LogP contribution is -2.54. The number of carbonyl (C=O) groups excluding carboxylic acids is 2. The van der Waals surface area contributed by atoms with Crippen molar-refractivity contribution in [2.24, 2.45) is 0 Å². The summed E-state index contributed by atoms with van der Waals surface area (Å²) in [6.07, 6.45) is 2.02. The second-order valence-corrected chi connectivity index (χ2v) is 11.8. The molecule has 0 aromatic heterocycles. The number of ether oxygens (including phenoxy) is 2. The highest BCUT2D eigenvalue weighted by atomic mass is 32.2. The topological polar surface area (TPSA) is 105 Å². The lowest BCUT2D eigenvalue weighted by Gasteiger charge is -2.34. The summed E-state index contributed by atoms with van der Waals surface area (Å²) in [5.74, 6) is 0.330. The summed E-state index contributed by atoms with van der Waals surface area (Å²) in [7, 11) is -0.784. The normalized spacial score (nSPS) is 12.6. The van der Waals surface area contributed by atoms with Gasteiger partial charge in [-0.05, 0) is 60.9 Å². The molecule has 0 saturated carbocycles. The van der Waals surface area contributed by atoms with Crippen molar-refractivity contribution in [3.8, 4) is 11.5 Å². The maximum Gasteiger partial charge on any atom is 0.244 e. The van der Waals surface area contributed by atoms with E-state index in [1.165, 1.54) is 12.0 Å². The van der Waals surface area contributed by atoms with Gasteiger partial charge in [-0.25, -0.2) is 8.42 Å². The van der Waals surface area contributed by atoms with E-state index in [1.807, 2.05) is 56.3 Å². The van der Waals surface area contributed by atoms with Crippen LogP contribution in [0.2, 0.25) is 0 Å². The molecule has 0 unspecified atom stereocenters. The van der Waals surface area contributed by atoms with Gasteiger partial charge in [-0.1, -0.05) is 49.4 Å². The van der Waals surface area contributed by atoms with Gasteiger partial charge in [0.2, 0.25) is 21.8 Å². The lowest BCUT2D eigenvalue weighted by atomic mass is 10.0. The van der Waals surface area contributed by atoms with Gasteiger partial charge in [0.15, 0.2) is 0 Å². The van der Waals surface area contributed by atoms with Crippen LogP contribution in [0.5, 0.6) is 11.5 Å². The van der Waals surface area contributed by atoms with E-state index in [4.69, 9.17) is 9.47 Å². The molecule has 1 N–H and O–H groups in total. The molecular formula is C31H39N3O6S. The van der Waals surface area contributed by atoms with E-state index in [0.717, 1.165) is 21.7 Å². The predicted molar refractivity (Wildman–Crippen MR) is 161 cm³/mol. The second-order valence-electron chi connectivity index (χ2n) is 9.86. The summed E-state index contributed by atoms with van der Waals surface area (Å²) in [5.41, 5.74) is 1.92. The number of anilines is 1. The molecule has 0 aliphatic heterocycles. The molecule has 3 aromatic carbocycles. The van der Waals surface area contributed by atoms with E-state index in [-0.39, 0.29) is 24.9 Å². The Hall–Kier alpha value is -4.05. The first-order valence-electron chi connectivity index (χ1n) is 13.4. The zero-order valence-corrected chi connectivity index (χ0v) is 25.1. The zero-order chi connectivity index (χ0) is 30.0. The van der Waals surface area contributed by atoms with Gasteiger partial charge >= 0.3 is 0 Å². The monoisotopic (exact) mass is 581 g/mol.